The summed E-state index contributed by atoms with van der Waals surface area (Å²) in [6, 6.07) is 11.9. The lowest BCUT2D eigenvalue weighted by Crippen LogP contribution is -2.41. The molecular weight excluding hydrogens is 337 g/mol. The number of carbonyl (C=O) groups is 1. The van der Waals surface area contributed by atoms with Gasteiger partial charge in [-0.3, -0.25) is 0 Å². The highest BCUT2D eigenvalue weighted by molar-refractivity contribution is 9.10. The number of carboxylic acids is 1. The van der Waals surface area contributed by atoms with Gasteiger partial charge in [-0.25, -0.2) is 9.18 Å². The minimum atomic E-state index is -1.27. The molecule has 3 nitrogen and oxygen atoms in total. The predicted octanol–water partition coefficient (Wildman–Crippen LogP) is 3.93. The van der Waals surface area contributed by atoms with Gasteiger partial charge in [0.1, 0.15) is 5.82 Å². The largest absolute Gasteiger partial charge is 0.479 e. The molecule has 0 amide bonds. The Hall–Kier alpha value is -1.88. The van der Waals surface area contributed by atoms with Crippen LogP contribution in [-0.4, -0.2) is 11.1 Å². The fourth-order valence-corrected chi connectivity index (χ4v) is 3.11. The van der Waals surface area contributed by atoms with E-state index in [0.717, 1.165) is 4.47 Å². The summed E-state index contributed by atoms with van der Waals surface area (Å²) < 4.78 is 14.8. The fourth-order valence-electron chi connectivity index (χ4n) is 2.84. The summed E-state index contributed by atoms with van der Waals surface area (Å²) in [7, 11) is 0. The van der Waals surface area contributed by atoms with Crippen molar-refractivity contribution in [3.8, 4) is 0 Å². The van der Waals surface area contributed by atoms with Gasteiger partial charge in [0, 0.05) is 10.2 Å². The summed E-state index contributed by atoms with van der Waals surface area (Å²) in [4.78, 5) is 11.9. The Kier molecular flexibility index (Phi) is 3.45. The van der Waals surface area contributed by atoms with Crippen molar-refractivity contribution in [1.29, 1.82) is 0 Å². The van der Waals surface area contributed by atoms with Crippen molar-refractivity contribution in [2.45, 2.75) is 18.4 Å². The van der Waals surface area contributed by atoms with E-state index in [1.807, 2.05) is 12.1 Å². The van der Waals surface area contributed by atoms with E-state index in [0.29, 0.717) is 29.7 Å². The van der Waals surface area contributed by atoms with E-state index in [1.54, 1.807) is 24.3 Å². The van der Waals surface area contributed by atoms with Gasteiger partial charge in [0.05, 0.1) is 0 Å². The number of aliphatic carboxylic acids is 1. The van der Waals surface area contributed by atoms with Gasteiger partial charge in [-0.1, -0.05) is 28.1 Å². The molecule has 0 saturated heterocycles. The molecule has 2 N–H and O–H groups in total. The number of nitrogens with one attached hydrogen (secondary N) is 1. The van der Waals surface area contributed by atoms with Gasteiger partial charge in [-0.2, -0.15) is 0 Å². The maximum Gasteiger partial charge on any atom is 0.334 e. The standard InChI is InChI=1S/C16H13BrFNO2/c17-10-4-6-11(7-5-10)19-16(15(20)21)9-8-12-13(16)2-1-3-14(12)18/h1-7,19H,8-9H2,(H,20,21). The first-order valence-corrected chi connectivity index (χ1v) is 7.37. The van der Waals surface area contributed by atoms with Crippen LogP contribution in [0.5, 0.6) is 0 Å². The molecule has 0 saturated carbocycles. The molecule has 0 bridgehead atoms. The van der Waals surface area contributed by atoms with E-state index in [9.17, 15) is 14.3 Å². The minimum absolute atomic E-state index is 0.328. The van der Waals surface area contributed by atoms with Crippen molar-refractivity contribution >= 4 is 27.6 Å². The van der Waals surface area contributed by atoms with E-state index in [1.165, 1.54) is 6.07 Å². The molecule has 108 valence electrons. The summed E-state index contributed by atoms with van der Waals surface area (Å²) >= 11 is 3.34. The van der Waals surface area contributed by atoms with Crippen molar-refractivity contribution in [2.75, 3.05) is 5.32 Å². The quantitative estimate of drug-likeness (QED) is 0.882. The number of carboxylic acid groups (broad SMARTS) is 1. The van der Waals surface area contributed by atoms with Gasteiger partial charge >= 0.3 is 5.97 Å². The number of hydrogen-bond donors (Lipinski definition) is 2. The highest BCUT2D eigenvalue weighted by Gasteiger charge is 2.46. The van der Waals surface area contributed by atoms with Crippen LogP contribution >= 0.6 is 15.9 Å². The molecule has 0 heterocycles. The highest BCUT2D eigenvalue weighted by atomic mass is 79.9. The molecule has 1 aliphatic carbocycles. The van der Waals surface area contributed by atoms with Crippen molar-refractivity contribution in [3.05, 3.63) is 63.9 Å². The second-order valence-corrected chi connectivity index (χ2v) is 6.02. The molecule has 1 aliphatic rings. The lowest BCUT2D eigenvalue weighted by atomic mass is 9.91. The topological polar surface area (TPSA) is 49.3 Å². The van der Waals surface area contributed by atoms with Crippen LogP contribution in [0, 0.1) is 5.82 Å². The van der Waals surface area contributed by atoms with Crippen LogP contribution in [0.15, 0.2) is 46.9 Å². The molecule has 1 unspecified atom stereocenters. The first-order chi connectivity index (χ1) is 10.0. The lowest BCUT2D eigenvalue weighted by Gasteiger charge is -2.28. The zero-order valence-corrected chi connectivity index (χ0v) is 12.7. The second-order valence-electron chi connectivity index (χ2n) is 5.11. The Balaban J connectivity index is 2.06. The molecule has 0 aliphatic heterocycles. The fraction of sp³-hybridized carbons (Fsp3) is 0.188. The summed E-state index contributed by atoms with van der Waals surface area (Å²) in [6.45, 7) is 0. The maximum atomic E-state index is 13.9. The van der Waals surface area contributed by atoms with E-state index in [4.69, 9.17) is 0 Å². The van der Waals surface area contributed by atoms with Gasteiger partial charge < -0.3 is 10.4 Å². The predicted molar refractivity (Wildman–Crippen MR) is 81.8 cm³/mol. The van der Waals surface area contributed by atoms with Crippen LogP contribution in [0.1, 0.15) is 17.5 Å². The molecule has 0 radical (unpaired) electrons. The monoisotopic (exact) mass is 349 g/mol. The third-order valence-electron chi connectivity index (χ3n) is 3.90. The third kappa shape index (κ3) is 2.31. The van der Waals surface area contributed by atoms with Crippen LogP contribution < -0.4 is 5.32 Å². The number of halogens is 2. The minimum Gasteiger partial charge on any atom is -0.479 e. The molecular formula is C16H13BrFNO2. The molecule has 2 aromatic carbocycles. The highest BCUT2D eigenvalue weighted by Crippen LogP contribution is 2.41. The summed E-state index contributed by atoms with van der Waals surface area (Å²) in [6.07, 6.45) is 0.743. The zero-order valence-electron chi connectivity index (χ0n) is 11.1. The number of hydrogen-bond acceptors (Lipinski definition) is 2. The SMILES string of the molecule is O=C(O)C1(Nc2ccc(Br)cc2)CCc2c(F)cccc21. The van der Waals surface area contributed by atoms with Gasteiger partial charge in [-0.15, -0.1) is 0 Å². The van der Waals surface area contributed by atoms with Crippen LogP contribution in [0.3, 0.4) is 0 Å². The van der Waals surface area contributed by atoms with Crippen LogP contribution in [0.2, 0.25) is 0 Å². The second kappa shape index (κ2) is 5.15. The van der Waals surface area contributed by atoms with Crippen LogP contribution in [0.4, 0.5) is 10.1 Å². The average Bonchev–Trinajstić information content (AvgIpc) is 2.83. The Labute approximate surface area is 129 Å². The molecule has 21 heavy (non-hydrogen) atoms. The summed E-state index contributed by atoms with van der Waals surface area (Å²) in [5.41, 5.74) is 0.422. The number of rotatable bonds is 3. The lowest BCUT2D eigenvalue weighted by molar-refractivity contribution is -0.142. The summed E-state index contributed by atoms with van der Waals surface area (Å²) in [5, 5.41) is 12.8. The van der Waals surface area contributed by atoms with Gasteiger partial charge in [0.25, 0.3) is 0 Å². The van der Waals surface area contributed by atoms with Crippen molar-refractivity contribution < 1.29 is 14.3 Å². The molecule has 2 aromatic rings. The Bertz CT molecular complexity index is 702. The molecule has 0 aromatic heterocycles. The van der Waals surface area contributed by atoms with Crippen LogP contribution in [-0.2, 0) is 16.8 Å². The van der Waals surface area contributed by atoms with E-state index in [2.05, 4.69) is 21.2 Å². The molecule has 0 spiro atoms. The van der Waals surface area contributed by atoms with Crippen molar-refractivity contribution in [3.63, 3.8) is 0 Å². The zero-order chi connectivity index (χ0) is 15.0. The third-order valence-corrected chi connectivity index (χ3v) is 4.42. The van der Waals surface area contributed by atoms with Crippen LogP contribution in [0.25, 0.3) is 0 Å². The first-order valence-electron chi connectivity index (χ1n) is 6.58. The van der Waals surface area contributed by atoms with Gasteiger partial charge in [0.15, 0.2) is 5.54 Å². The Morgan fingerprint density at radius 1 is 1.24 bits per heavy atom. The number of fused-ring (bicyclic) bond motifs is 1. The normalized spacial score (nSPS) is 20.1. The average molecular weight is 350 g/mol. The van der Waals surface area contributed by atoms with E-state index >= 15 is 0 Å². The number of benzene rings is 2. The van der Waals surface area contributed by atoms with Crippen molar-refractivity contribution in [1.82, 2.24) is 0 Å². The smallest absolute Gasteiger partial charge is 0.334 e. The van der Waals surface area contributed by atoms with E-state index in [-0.39, 0.29) is 5.82 Å². The maximum absolute atomic E-state index is 13.9. The molecule has 3 rings (SSSR count). The van der Waals surface area contributed by atoms with Gasteiger partial charge in [0.2, 0.25) is 0 Å². The van der Waals surface area contributed by atoms with Gasteiger partial charge in [-0.05, 0) is 54.3 Å². The Morgan fingerprint density at radius 3 is 2.62 bits per heavy atom. The first kappa shape index (κ1) is 14.1. The summed E-state index contributed by atoms with van der Waals surface area (Å²) in [5.74, 6) is -1.33. The molecule has 5 heteroatoms. The molecule has 0 fully saturated rings. The van der Waals surface area contributed by atoms with Crippen molar-refractivity contribution in [2.24, 2.45) is 0 Å². The Morgan fingerprint density at radius 2 is 1.95 bits per heavy atom. The number of anilines is 1. The molecule has 1 atom stereocenters. The van der Waals surface area contributed by atoms with E-state index < -0.39 is 11.5 Å².